The second kappa shape index (κ2) is 8.56. The molecule has 0 radical (unpaired) electrons. The quantitative estimate of drug-likeness (QED) is 0.741. The normalized spacial score (nSPS) is 16.4. The molecule has 4 nitrogen and oxygen atoms in total. The number of hydrogen-bond donors (Lipinski definition) is 2. The van der Waals surface area contributed by atoms with E-state index in [0.717, 1.165) is 31.8 Å². The molecule has 1 atom stereocenters. The van der Waals surface area contributed by atoms with E-state index in [-0.39, 0.29) is 5.02 Å². The van der Waals surface area contributed by atoms with Gasteiger partial charge in [0.15, 0.2) is 5.11 Å². The Labute approximate surface area is 163 Å². The van der Waals surface area contributed by atoms with Crippen LogP contribution in [0.5, 0.6) is 5.75 Å². The number of ether oxygens (including phenoxy) is 1. The van der Waals surface area contributed by atoms with Gasteiger partial charge in [-0.15, -0.1) is 0 Å². The van der Waals surface area contributed by atoms with Crippen molar-refractivity contribution in [1.82, 2.24) is 5.32 Å². The predicted molar refractivity (Wildman–Crippen MR) is 109 cm³/mol. The lowest BCUT2D eigenvalue weighted by Gasteiger charge is -2.19. The minimum absolute atomic E-state index is 0.0729. The smallest absolute Gasteiger partial charge is 0.170 e. The van der Waals surface area contributed by atoms with Crippen molar-refractivity contribution < 1.29 is 9.13 Å². The minimum atomic E-state index is -0.444. The molecule has 1 aliphatic rings. The van der Waals surface area contributed by atoms with Gasteiger partial charge in [-0.05, 0) is 67.0 Å². The van der Waals surface area contributed by atoms with Crippen LogP contribution in [0, 0.1) is 11.7 Å². The van der Waals surface area contributed by atoms with Crippen molar-refractivity contribution in [2.45, 2.75) is 6.42 Å². The summed E-state index contributed by atoms with van der Waals surface area (Å²) in [7, 11) is 1.67. The van der Waals surface area contributed by atoms with E-state index < -0.39 is 5.82 Å². The van der Waals surface area contributed by atoms with Gasteiger partial charge in [-0.1, -0.05) is 11.6 Å². The molecular formula is C19H21ClFN3OS. The lowest BCUT2D eigenvalue weighted by Crippen LogP contribution is -2.34. The van der Waals surface area contributed by atoms with Gasteiger partial charge in [0, 0.05) is 31.0 Å². The molecule has 1 aliphatic heterocycles. The average molecular weight is 394 g/mol. The molecule has 0 spiro atoms. The van der Waals surface area contributed by atoms with Crippen LogP contribution < -0.4 is 20.3 Å². The molecule has 2 N–H and O–H groups in total. The van der Waals surface area contributed by atoms with E-state index >= 15 is 0 Å². The van der Waals surface area contributed by atoms with Crippen LogP contribution in [0.1, 0.15) is 6.42 Å². The molecule has 0 aliphatic carbocycles. The maximum atomic E-state index is 13.2. The van der Waals surface area contributed by atoms with Crippen LogP contribution in [0.25, 0.3) is 0 Å². The van der Waals surface area contributed by atoms with E-state index in [1.165, 1.54) is 17.8 Å². The number of nitrogens with one attached hydrogen (secondary N) is 2. The fraction of sp³-hybridized carbons (Fsp3) is 0.316. The SMILES string of the molecule is COc1ccc(N2CC[C@H](CNC(=S)Nc3ccc(F)c(Cl)c3)C2)cc1. The van der Waals surface area contributed by atoms with Gasteiger partial charge in [0.1, 0.15) is 11.6 Å². The van der Waals surface area contributed by atoms with Crippen molar-refractivity contribution in [1.29, 1.82) is 0 Å². The molecule has 0 aromatic heterocycles. The third kappa shape index (κ3) is 4.77. The first-order chi connectivity index (χ1) is 12.5. The average Bonchev–Trinajstić information content (AvgIpc) is 3.12. The van der Waals surface area contributed by atoms with Crippen molar-refractivity contribution in [3.05, 3.63) is 53.3 Å². The van der Waals surface area contributed by atoms with Gasteiger partial charge in [-0.2, -0.15) is 0 Å². The lowest BCUT2D eigenvalue weighted by atomic mass is 10.1. The zero-order valence-electron chi connectivity index (χ0n) is 14.5. The molecule has 1 heterocycles. The highest BCUT2D eigenvalue weighted by atomic mass is 35.5. The lowest BCUT2D eigenvalue weighted by molar-refractivity contribution is 0.415. The third-order valence-corrected chi connectivity index (χ3v) is 4.99. The summed E-state index contributed by atoms with van der Waals surface area (Å²) in [6, 6.07) is 12.6. The topological polar surface area (TPSA) is 36.5 Å². The van der Waals surface area contributed by atoms with Gasteiger partial charge in [-0.25, -0.2) is 4.39 Å². The van der Waals surface area contributed by atoms with Crippen molar-refractivity contribution in [2.24, 2.45) is 5.92 Å². The Bertz CT molecular complexity index is 772. The molecule has 0 unspecified atom stereocenters. The van der Waals surface area contributed by atoms with E-state index in [1.807, 2.05) is 12.1 Å². The Morgan fingerprint density at radius 1 is 1.31 bits per heavy atom. The second-order valence-electron chi connectivity index (χ2n) is 6.26. The van der Waals surface area contributed by atoms with Gasteiger partial charge in [-0.3, -0.25) is 0 Å². The van der Waals surface area contributed by atoms with E-state index in [1.54, 1.807) is 13.2 Å². The molecule has 7 heteroatoms. The van der Waals surface area contributed by atoms with Gasteiger partial charge >= 0.3 is 0 Å². The number of nitrogens with zero attached hydrogens (tertiary/aromatic N) is 1. The van der Waals surface area contributed by atoms with E-state index in [4.69, 9.17) is 28.6 Å². The Balaban J connectivity index is 1.46. The maximum Gasteiger partial charge on any atom is 0.170 e. The third-order valence-electron chi connectivity index (χ3n) is 4.45. The van der Waals surface area contributed by atoms with Gasteiger partial charge in [0.05, 0.1) is 12.1 Å². The molecule has 26 heavy (non-hydrogen) atoms. The summed E-state index contributed by atoms with van der Waals surface area (Å²) in [6.07, 6.45) is 1.10. The first-order valence-electron chi connectivity index (χ1n) is 8.44. The van der Waals surface area contributed by atoms with Crippen molar-refractivity contribution in [2.75, 3.05) is 37.0 Å². The van der Waals surface area contributed by atoms with Crippen LogP contribution in [0.3, 0.4) is 0 Å². The van der Waals surface area contributed by atoms with Crippen molar-refractivity contribution >= 4 is 40.3 Å². The maximum absolute atomic E-state index is 13.2. The van der Waals surface area contributed by atoms with Crippen LogP contribution in [-0.4, -0.2) is 31.9 Å². The summed E-state index contributed by atoms with van der Waals surface area (Å²) in [6.45, 7) is 2.78. The van der Waals surface area contributed by atoms with Gasteiger partial charge < -0.3 is 20.3 Å². The fourth-order valence-electron chi connectivity index (χ4n) is 3.01. The van der Waals surface area contributed by atoms with E-state index in [9.17, 15) is 4.39 Å². The fourth-order valence-corrected chi connectivity index (χ4v) is 3.39. The van der Waals surface area contributed by atoms with E-state index in [2.05, 4.69) is 27.7 Å². The zero-order chi connectivity index (χ0) is 18.5. The van der Waals surface area contributed by atoms with Gasteiger partial charge in [0.2, 0.25) is 0 Å². The Morgan fingerprint density at radius 3 is 2.77 bits per heavy atom. The largest absolute Gasteiger partial charge is 0.497 e. The van der Waals surface area contributed by atoms with Crippen LogP contribution in [-0.2, 0) is 0 Å². The molecule has 2 aromatic carbocycles. The highest BCUT2D eigenvalue weighted by molar-refractivity contribution is 7.80. The summed E-state index contributed by atoms with van der Waals surface area (Å²) in [5.74, 6) is 0.929. The van der Waals surface area contributed by atoms with Crippen LogP contribution in [0.2, 0.25) is 5.02 Å². The standard InChI is InChI=1S/C19H21ClFN3OS/c1-25-16-5-3-15(4-6-16)24-9-8-13(12-24)11-22-19(26)23-14-2-7-18(21)17(20)10-14/h2-7,10,13H,8-9,11-12H2,1H3,(H2,22,23,26)/t13-/m1/s1. The molecular weight excluding hydrogens is 373 g/mol. The first kappa shape index (κ1) is 18.7. The Hall–Kier alpha value is -2.05. The van der Waals surface area contributed by atoms with Crippen molar-refractivity contribution in [3.63, 3.8) is 0 Å². The summed E-state index contributed by atoms with van der Waals surface area (Å²) in [5, 5.41) is 6.85. The summed E-state index contributed by atoms with van der Waals surface area (Å²) in [4.78, 5) is 2.36. The predicted octanol–water partition coefficient (Wildman–Crippen LogP) is 4.30. The Kier molecular flexibility index (Phi) is 6.16. The van der Waals surface area contributed by atoms with Crippen LogP contribution >= 0.6 is 23.8 Å². The number of thiocarbonyl (C=S) groups is 1. The molecule has 1 saturated heterocycles. The Morgan fingerprint density at radius 2 is 2.08 bits per heavy atom. The number of anilines is 2. The molecule has 138 valence electrons. The van der Waals surface area contributed by atoms with E-state index in [0.29, 0.717) is 16.7 Å². The number of hydrogen-bond acceptors (Lipinski definition) is 3. The minimum Gasteiger partial charge on any atom is -0.497 e. The van der Waals surface area contributed by atoms with Crippen molar-refractivity contribution in [3.8, 4) is 5.75 Å². The number of halogens is 2. The molecule has 0 bridgehead atoms. The number of rotatable bonds is 5. The highest BCUT2D eigenvalue weighted by Crippen LogP contribution is 2.25. The molecule has 0 amide bonds. The van der Waals surface area contributed by atoms with Gasteiger partial charge in [0.25, 0.3) is 0 Å². The second-order valence-corrected chi connectivity index (χ2v) is 7.08. The molecule has 1 fully saturated rings. The summed E-state index contributed by atoms with van der Waals surface area (Å²) in [5.41, 5.74) is 1.87. The van der Waals surface area contributed by atoms with Crippen LogP contribution in [0.15, 0.2) is 42.5 Å². The highest BCUT2D eigenvalue weighted by Gasteiger charge is 2.22. The zero-order valence-corrected chi connectivity index (χ0v) is 16.0. The molecule has 3 rings (SSSR count). The van der Waals surface area contributed by atoms with Crippen LogP contribution in [0.4, 0.5) is 15.8 Å². The molecule has 0 saturated carbocycles. The number of methoxy groups -OCH3 is 1. The monoisotopic (exact) mass is 393 g/mol. The molecule has 2 aromatic rings. The summed E-state index contributed by atoms with van der Waals surface area (Å²) < 4.78 is 18.4. The number of benzene rings is 2. The first-order valence-corrected chi connectivity index (χ1v) is 9.22. The summed E-state index contributed by atoms with van der Waals surface area (Å²) >= 11 is 11.1.